The first kappa shape index (κ1) is 29.1. The lowest BCUT2D eigenvalue weighted by atomic mass is 9.89. The molecule has 0 N–H and O–H groups in total. The molecule has 0 saturated carbocycles. The maximum absolute atomic E-state index is 5.13. The van der Waals surface area contributed by atoms with Crippen LogP contribution in [0.4, 0.5) is 0 Å². The fourth-order valence-corrected chi connectivity index (χ4v) is 6.13. The van der Waals surface area contributed by atoms with Gasteiger partial charge >= 0.3 is 0 Å². The third kappa shape index (κ3) is 6.40. The molecule has 3 nitrogen and oxygen atoms in total. The molecule has 0 spiro atoms. The lowest BCUT2D eigenvalue weighted by Crippen LogP contribution is -2.05. The Labute approximate surface area is 271 Å². The van der Waals surface area contributed by atoms with Crippen molar-refractivity contribution in [1.29, 1.82) is 0 Å². The summed E-state index contributed by atoms with van der Waals surface area (Å²) in [5, 5.41) is 2.48. The molecule has 46 heavy (non-hydrogen) atoms. The van der Waals surface area contributed by atoms with Crippen molar-refractivity contribution in [3.63, 3.8) is 0 Å². The maximum atomic E-state index is 5.13. The second kappa shape index (κ2) is 13.5. The number of aromatic nitrogens is 3. The minimum absolute atomic E-state index is 0.0358. The molecule has 0 amide bonds. The van der Waals surface area contributed by atoms with Crippen molar-refractivity contribution in [2.45, 2.75) is 24.7 Å². The molecule has 222 valence electrons. The van der Waals surface area contributed by atoms with Gasteiger partial charge in [0.1, 0.15) is 0 Å². The predicted octanol–water partition coefficient (Wildman–Crippen LogP) is 10.9. The van der Waals surface area contributed by atoms with Crippen molar-refractivity contribution in [2.24, 2.45) is 0 Å². The van der Waals surface area contributed by atoms with Crippen LogP contribution in [0.1, 0.15) is 47.2 Å². The van der Waals surface area contributed by atoms with E-state index in [1.54, 1.807) is 6.20 Å². The van der Waals surface area contributed by atoms with Crippen LogP contribution in [0.5, 0.6) is 0 Å². The van der Waals surface area contributed by atoms with Crippen LogP contribution in [-0.2, 0) is 0 Å². The van der Waals surface area contributed by atoms with E-state index in [2.05, 4.69) is 151 Å². The summed E-state index contributed by atoms with van der Waals surface area (Å²) in [7, 11) is 0. The highest BCUT2D eigenvalue weighted by molar-refractivity contribution is 5.96. The van der Waals surface area contributed by atoms with Crippen LogP contribution in [0.25, 0.3) is 44.9 Å². The van der Waals surface area contributed by atoms with Crippen molar-refractivity contribution >= 4 is 22.4 Å². The Morgan fingerprint density at radius 3 is 2.39 bits per heavy atom. The highest BCUT2D eigenvalue weighted by Gasteiger charge is 2.18. The summed E-state index contributed by atoms with van der Waals surface area (Å²) in [6, 6.07) is 40.5. The first-order valence-corrected chi connectivity index (χ1v) is 15.9. The molecular weight excluding hydrogens is 558 g/mol. The van der Waals surface area contributed by atoms with Gasteiger partial charge in [-0.15, -0.1) is 6.58 Å². The molecule has 0 bridgehead atoms. The average Bonchev–Trinajstić information content (AvgIpc) is 3.14. The third-order valence-electron chi connectivity index (χ3n) is 8.66. The maximum Gasteiger partial charge on any atom is 0.160 e. The van der Waals surface area contributed by atoms with E-state index in [4.69, 9.17) is 9.97 Å². The van der Waals surface area contributed by atoms with Gasteiger partial charge in [-0.1, -0.05) is 140 Å². The number of rotatable bonds is 9. The normalized spacial score (nSPS) is 15.1. The average molecular weight is 594 g/mol. The molecule has 1 aliphatic rings. The van der Waals surface area contributed by atoms with Crippen molar-refractivity contribution in [3.05, 3.63) is 187 Å². The number of pyridine rings is 1. The summed E-state index contributed by atoms with van der Waals surface area (Å²) in [5.41, 5.74) is 8.81. The molecule has 2 aromatic heterocycles. The summed E-state index contributed by atoms with van der Waals surface area (Å²) in [4.78, 5) is 14.5. The molecule has 6 aromatic rings. The highest BCUT2D eigenvalue weighted by Crippen LogP contribution is 2.34. The van der Waals surface area contributed by atoms with E-state index in [-0.39, 0.29) is 5.92 Å². The Balaban J connectivity index is 1.23. The Kier molecular flexibility index (Phi) is 8.55. The van der Waals surface area contributed by atoms with Gasteiger partial charge in [-0.2, -0.15) is 0 Å². The zero-order chi connectivity index (χ0) is 31.1. The monoisotopic (exact) mass is 593 g/mol. The van der Waals surface area contributed by atoms with Crippen LogP contribution in [0.2, 0.25) is 0 Å². The Bertz CT molecular complexity index is 2050. The zero-order valence-electron chi connectivity index (χ0n) is 25.7. The van der Waals surface area contributed by atoms with Gasteiger partial charge in [0.05, 0.1) is 11.4 Å². The van der Waals surface area contributed by atoms with Crippen molar-refractivity contribution in [1.82, 2.24) is 15.0 Å². The Morgan fingerprint density at radius 2 is 1.61 bits per heavy atom. The van der Waals surface area contributed by atoms with Gasteiger partial charge in [0.2, 0.25) is 0 Å². The van der Waals surface area contributed by atoms with E-state index in [1.807, 2.05) is 18.3 Å². The molecule has 0 saturated heterocycles. The first-order chi connectivity index (χ1) is 22.7. The van der Waals surface area contributed by atoms with E-state index in [0.717, 1.165) is 46.8 Å². The van der Waals surface area contributed by atoms with Gasteiger partial charge in [0.25, 0.3) is 0 Å². The van der Waals surface area contributed by atoms with Crippen LogP contribution in [0.15, 0.2) is 165 Å². The summed E-state index contributed by atoms with van der Waals surface area (Å²) < 4.78 is 0. The van der Waals surface area contributed by atoms with Gasteiger partial charge in [-0.05, 0) is 63.6 Å². The summed E-state index contributed by atoms with van der Waals surface area (Å²) >= 11 is 0. The Morgan fingerprint density at radius 1 is 0.804 bits per heavy atom. The van der Waals surface area contributed by atoms with Crippen LogP contribution in [0, 0.1) is 0 Å². The van der Waals surface area contributed by atoms with Crippen molar-refractivity contribution < 1.29 is 0 Å². The number of benzene rings is 4. The number of allylic oxidation sites excluding steroid dienone is 6. The quantitative estimate of drug-likeness (QED) is 0.157. The first-order valence-electron chi connectivity index (χ1n) is 15.9. The summed E-state index contributed by atoms with van der Waals surface area (Å²) in [6.45, 7) is 4.19. The van der Waals surface area contributed by atoms with Gasteiger partial charge in [0, 0.05) is 29.8 Å². The standard InChI is InChI=1S/C43H35N3/c1-2-32(16-8-11-31-12-10-28-44-30-31)41-29-42(37-24-20-34(21-25-37)33-13-4-3-5-14-33)46-43(45-41)38-26-22-36(23-27-38)40-19-9-17-35-15-6-7-18-39(35)40/h2-15,17-20,22-30,32,34H,1,16,21H2/b11-8+. The molecule has 2 atom stereocenters. The van der Waals surface area contributed by atoms with Crippen LogP contribution >= 0.6 is 0 Å². The molecule has 2 heterocycles. The van der Waals surface area contributed by atoms with Crippen LogP contribution in [-0.4, -0.2) is 15.0 Å². The summed E-state index contributed by atoms with van der Waals surface area (Å²) in [5.74, 6) is 1.12. The summed E-state index contributed by atoms with van der Waals surface area (Å²) in [6.07, 6.45) is 18.5. The predicted molar refractivity (Wildman–Crippen MR) is 192 cm³/mol. The Hall–Kier alpha value is -5.67. The topological polar surface area (TPSA) is 38.7 Å². The van der Waals surface area contributed by atoms with E-state index < -0.39 is 0 Å². The fourth-order valence-electron chi connectivity index (χ4n) is 6.13. The van der Waals surface area contributed by atoms with Gasteiger partial charge in [-0.3, -0.25) is 4.98 Å². The van der Waals surface area contributed by atoms with E-state index in [0.29, 0.717) is 5.92 Å². The number of fused-ring (bicyclic) bond motifs is 1. The smallest absolute Gasteiger partial charge is 0.160 e. The number of hydrogen-bond donors (Lipinski definition) is 0. The second-order valence-corrected chi connectivity index (χ2v) is 11.6. The van der Waals surface area contributed by atoms with Gasteiger partial charge in [0.15, 0.2) is 5.82 Å². The van der Waals surface area contributed by atoms with Crippen LogP contribution < -0.4 is 0 Å². The molecular formula is C43H35N3. The number of nitrogens with zero attached hydrogens (tertiary/aromatic N) is 3. The van der Waals surface area contributed by atoms with Crippen LogP contribution in [0.3, 0.4) is 0 Å². The molecule has 0 aliphatic heterocycles. The van der Waals surface area contributed by atoms with Gasteiger partial charge < -0.3 is 0 Å². The minimum Gasteiger partial charge on any atom is -0.264 e. The molecule has 4 aromatic carbocycles. The van der Waals surface area contributed by atoms with E-state index >= 15 is 0 Å². The molecule has 7 rings (SSSR count). The zero-order valence-corrected chi connectivity index (χ0v) is 25.7. The highest BCUT2D eigenvalue weighted by atomic mass is 14.9. The second-order valence-electron chi connectivity index (χ2n) is 11.6. The number of hydrogen-bond acceptors (Lipinski definition) is 3. The molecule has 0 radical (unpaired) electrons. The minimum atomic E-state index is 0.0358. The SMILES string of the molecule is C=CC(C/C=C/c1cccnc1)c1cc(C2=CCC(c3ccccc3)C=C2)nc(-c2ccc(-c3cccc4ccccc34)cc2)n1. The van der Waals surface area contributed by atoms with Crippen molar-refractivity contribution in [3.8, 4) is 22.5 Å². The third-order valence-corrected chi connectivity index (χ3v) is 8.66. The lowest BCUT2D eigenvalue weighted by Gasteiger charge is -2.18. The van der Waals surface area contributed by atoms with E-state index in [9.17, 15) is 0 Å². The molecule has 0 fully saturated rings. The van der Waals surface area contributed by atoms with Crippen molar-refractivity contribution in [2.75, 3.05) is 0 Å². The molecule has 1 aliphatic carbocycles. The van der Waals surface area contributed by atoms with Gasteiger partial charge in [-0.25, -0.2) is 9.97 Å². The lowest BCUT2D eigenvalue weighted by molar-refractivity contribution is 0.819. The fraction of sp³-hybridized carbons (Fsp3) is 0.0930. The molecule has 2 unspecified atom stereocenters. The largest absolute Gasteiger partial charge is 0.264 e. The molecule has 3 heteroatoms. The van der Waals surface area contributed by atoms with E-state index in [1.165, 1.54) is 27.5 Å².